The molecule has 0 spiro atoms. The molecule has 2 rings (SSSR count). The van der Waals surface area contributed by atoms with Gasteiger partial charge in [-0.05, 0) is 31.5 Å². The summed E-state index contributed by atoms with van der Waals surface area (Å²) < 4.78 is 0. The molecule has 2 nitrogen and oxygen atoms in total. The molecule has 1 aromatic heterocycles. The van der Waals surface area contributed by atoms with Gasteiger partial charge in [-0.1, -0.05) is 13.0 Å². The fourth-order valence-corrected chi connectivity index (χ4v) is 2.85. The minimum atomic E-state index is 0.799. The maximum atomic E-state index is 3.80. The molecule has 17 heavy (non-hydrogen) atoms. The van der Waals surface area contributed by atoms with Crippen LogP contribution in [0.15, 0.2) is 24.8 Å². The molecule has 1 heterocycles. The molecule has 1 aliphatic rings. The lowest BCUT2D eigenvalue weighted by Gasteiger charge is -2.16. The predicted octanol–water partition coefficient (Wildman–Crippen LogP) is 3.01. The number of nitrogens with zero attached hydrogens (tertiary/aromatic N) is 1. The summed E-state index contributed by atoms with van der Waals surface area (Å²) in [5, 5.41) is 3.56. The second-order valence-electron chi connectivity index (χ2n) is 4.64. The topological polar surface area (TPSA) is 15.3 Å². The lowest BCUT2D eigenvalue weighted by molar-refractivity contribution is 0.314. The van der Waals surface area contributed by atoms with Crippen molar-refractivity contribution in [2.45, 2.75) is 38.9 Å². The smallest absolute Gasteiger partial charge is 0.0331 e. The first-order valence-corrected chi connectivity index (χ1v) is 7.27. The SMILES string of the molecule is C=CCN(CC)Cc1ccc(CNC2CC2)s1. The zero-order valence-electron chi connectivity index (χ0n) is 10.6. The predicted molar refractivity (Wildman–Crippen MR) is 75.3 cm³/mol. The lowest BCUT2D eigenvalue weighted by Crippen LogP contribution is -2.22. The molecule has 0 saturated heterocycles. The van der Waals surface area contributed by atoms with Gasteiger partial charge in [0.15, 0.2) is 0 Å². The Morgan fingerprint density at radius 3 is 2.88 bits per heavy atom. The first-order chi connectivity index (χ1) is 8.31. The van der Waals surface area contributed by atoms with Gasteiger partial charge in [0.1, 0.15) is 0 Å². The molecule has 94 valence electrons. The van der Waals surface area contributed by atoms with Crippen LogP contribution in [0.3, 0.4) is 0 Å². The second-order valence-corrected chi connectivity index (χ2v) is 5.89. The Kier molecular flexibility index (Phi) is 4.77. The van der Waals surface area contributed by atoms with E-state index in [1.807, 2.05) is 17.4 Å². The van der Waals surface area contributed by atoms with Gasteiger partial charge in [-0.25, -0.2) is 0 Å². The molecule has 1 aliphatic carbocycles. The van der Waals surface area contributed by atoms with E-state index in [1.165, 1.54) is 22.6 Å². The Bertz CT molecular complexity index is 355. The molecule has 0 bridgehead atoms. The van der Waals surface area contributed by atoms with E-state index in [2.05, 4.69) is 35.9 Å². The van der Waals surface area contributed by atoms with Crippen molar-refractivity contribution in [1.29, 1.82) is 0 Å². The van der Waals surface area contributed by atoms with Gasteiger partial charge in [0.2, 0.25) is 0 Å². The van der Waals surface area contributed by atoms with Gasteiger partial charge in [0, 0.05) is 35.4 Å². The van der Waals surface area contributed by atoms with Gasteiger partial charge in [-0.2, -0.15) is 0 Å². The van der Waals surface area contributed by atoms with Crippen molar-refractivity contribution in [2.75, 3.05) is 13.1 Å². The molecule has 0 aliphatic heterocycles. The van der Waals surface area contributed by atoms with E-state index in [1.54, 1.807) is 0 Å². The zero-order valence-corrected chi connectivity index (χ0v) is 11.4. The van der Waals surface area contributed by atoms with Crippen molar-refractivity contribution in [2.24, 2.45) is 0 Å². The molecular weight excluding hydrogens is 228 g/mol. The van der Waals surface area contributed by atoms with Crippen molar-refractivity contribution < 1.29 is 0 Å². The summed E-state index contributed by atoms with van der Waals surface area (Å²) in [5.74, 6) is 0. The van der Waals surface area contributed by atoms with Crippen molar-refractivity contribution >= 4 is 11.3 Å². The van der Waals surface area contributed by atoms with Crippen LogP contribution in [-0.2, 0) is 13.1 Å². The van der Waals surface area contributed by atoms with Gasteiger partial charge < -0.3 is 5.32 Å². The minimum Gasteiger partial charge on any atom is -0.309 e. The van der Waals surface area contributed by atoms with E-state index < -0.39 is 0 Å². The van der Waals surface area contributed by atoms with E-state index in [0.29, 0.717) is 0 Å². The molecule has 3 heteroatoms. The van der Waals surface area contributed by atoms with Gasteiger partial charge in [0.25, 0.3) is 0 Å². The summed E-state index contributed by atoms with van der Waals surface area (Å²) in [5.41, 5.74) is 0. The Hall–Kier alpha value is -0.640. The van der Waals surface area contributed by atoms with Gasteiger partial charge in [0.05, 0.1) is 0 Å². The Balaban J connectivity index is 1.81. The third-order valence-corrected chi connectivity index (χ3v) is 4.14. The van der Waals surface area contributed by atoms with E-state index in [0.717, 1.165) is 32.2 Å². The summed E-state index contributed by atoms with van der Waals surface area (Å²) >= 11 is 1.93. The molecule has 0 atom stereocenters. The van der Waals surface area contributed by atoms with Crippen molar-refractivity contribution in [3.8, 4) is 0 Å². The van der Waals surface area contributed by atoms with Crippen LogP contribution in [0.25, 0.3) is 0 Å². The average Bonchev–Trinajstić information content (AvgIpc) is 3.06. The molecule has 0 radical (unpaired) electrons. The molecule has 1 aromatic rings. The molecular formula is C14H22N2S. The maximum absolute atomic E-state index is 3.80. The van der Waals surface area contributed by atoms with Crippen molar-refractivity contribution in [1.82, 2.24) is 10.2 Å². The van der Waals surface area contributed by atoms with E-state index in [9.17, 15) is 0 Å². The highest BCUT2D eigenvalue weighted by molar-refractivity contribution is 7.11. The maximum Gasteiger partial charge on any atom is 0.0331 e. The summed E-state index contributed by atoms with van der Waals surface area (Å²) in [6.07, 6.45) is 4.70. The number of hydrogen-bond acceptors (Lipinski definition) is 3. The average molecular weight is 250 g/mol. The van der Waals surface area contributed by atoms with Crippen LogP contribution < -0.4 is 5.32 Å². The Morgan fingerprint density at radius 2 is 2.24 bits per heavy atom. The number of thiophene rings is 1. The number of rotatable bonds is 8. The molecule has 1 fully saturated rings. The highest BCUT2D eigenvalue weighted by Crippen LogP contribution is 2.22. The Labute approximate surface area is 108 Å². The fourth-order valence-electron chi connectivity index (χ4n) is 1.84. The highest BCUT2D eigenvalue weighted by atomic mass is 32.1. The molecule has 1 saturated carbocycles. The quantitative estimate of drug-likeness (QED) is 0.714. The van der Waals surface area contributed by atoms with Crippen LogP contribution >= 0.6 is 11.3 Å². The lowest BCUT2D eigenvalue weighted by atomic mass is 10.3. The van der Waals surface area contributed by atoms with Gasteiger partial charge >= 0.3 is 0 Å². The normalized spacial score (nSPS) is 15.4. The van der Waals surface area contributed by atoms with Gasteiger partial charge in [-0.3, -0.25) is 4.90 Å². The van der Waals surface area contributed by atoms with Crippen LogP contribution in [-0.4, -0.2) is 24.0 Å². The monoisotopic (exact) mass is 250 g/mol. The largest absolute Gasteiger partial charge is 0.309 e. The standard InChI is InChI=1S/C14H22N2S/c1-3-9-16(4-2)11-14-8-7-13(17-14)10-15-12-5-6-12/h3,7-8,12,15H,1,4-6,9-11H2,2H3. The van der Waals surface area contributed by atoms with Crippen LogP contribution in [0.2, 0.25) is 0 Å². The minimum absolute atomic E-state index is 0.799. The first-order valence-electron chi connectivity index (χ1n) is 6.46. The Morgan fingerprint density at radius 1 is 1.47 bits per heavy atom. The molecule has 0 aromatic carbocycles. The summed E-state index contributed by atoms with van der Waals surface area (Å²) in [6, 6.07) is 5.32. The second kappa shape index (κ2) is 6.34. The van der Waals surface area contributed by atoms with Crippen LogP contribution in [0, 0.1) is 0 Å². The van der Waals surface area contributed by atoms with Crippen LogP contribution in [0.1, 0.15) is 29.5 Å². The third-order valence-electron chi connectivity index (χ3n) is 3.07. The molecule has 0 amide bonds. The third kappa shape index (κ3) is 4.26. The van der Waals surface area contributed by atoms with Crippen LogP contribution in [0.4, 0.5) is 0 Å². The van der Waals surface area contributed by atoms with Gasteiger partial charge in [-0.15, -0.1) is 17.9 Å². The summed E-state index contributed by atoms with van der Waals surface area (Å²) in [7, 11) is 0. The number of likely N-dealkylation sites (N-methyl/N-ethyl adjacent to an activating group) is 1. The summed E-state index contributed by atoms with van der Waals surface area (Å²) in [4.78, 5) is 5.32. The van der Waals surface area contributed by atoms with E-state index >= 15 is 0 Å². The summed E-state index contributed by atoms with van der Waals surface area (Å²) in [6.45, 7) is 10.2. The molecule has 1 N–H and O–H groups in total. The van der Waals surface area contributed by atoms with E-state index in [-0.39, 0.29) is 0 Å². The first kappa shape index (κ1) is 12.8. The molecule has 0 unspecified atom stereocenters. The number of nitrogens with one attached hydrogen (secondary N) is 1. The number of hydrogen-bond donors (Lipinski definition) is 1. The van der Waals surface area contributed by atoms with Crippen molar-refractivity contribution in [3.63, 3.8) is 0 Å². The van der Waals surface area contributed by atoms with E-state index in [4.69, 9.17) is 0 Å². The fraction of sp³-hybridized carbons (Fsp3) is 0.571. The zero-order chi connectivity index (χ0) is 12.1. The van der Waals surface area contributed by atoms with Crippen LogP contribution in [0.5, 0.6) is 0 Å². The van der Waals surface area contributed by atoms with Crippen molar-refractivity contribution in [3.05, 3.63) is 34.5 Å². The highest BCUT2D eigenvalue weighted by Gasteiger charge is 2.20.